The predicted octanol–water partition coefficient (Wildman–Crippen LogP) is 2.87. The summed E-state index contributed by atoms with van der Waals surface area (Å²) < 4.78 is 10.2. The molecular weight excluding hydrogens is 332 g/mol. The number of carbonyl (C=O) groups excluding carboxylic acids is 2. The smallest absolute Gasteiger partial charge is 0.331 e. The summed E-state index contributed by atoms with van der Waals surface area (Å²) in [6.07, 6.45) is 5.92. The Kier molecular flexibility index (Phi) is 16.1. The molecule has 0 aromatic carbocycles. The van der Waals surface area contributed by atoms with Crippen LogP contribution in [0.2, 0.25) is 0 Å². The van der Waals surface area contributed by atoms with Gasteiger partial charge >= 0.3 is 11.9 Å². The number of ether oxygens (including phenoxy) is 2. The summed E-state index contributed by atoms with van der Waals surface area (Å²) in [7, 11) is 0. The Morgan fingerprint density at radius 3 is 1.31 bits per heavy atom. The normalized spacial score (nSPS) is 11.5. The molecule has 0 radical (unpaired) electrons. The lowest BCUT2D eigenvalue weighted by Crippen LogP contribution is -2.24. The molecule has 0 aromatic heterocycles. The summed E-state index contributed by atoms with van der Waals surface area (Å²) in [6.45, 7) is 15.5. The highest BCUT2D eigenvalue weighted by Gasteiger charge is 2.03. The molecule has 0 rings (SSSR count). The van der Waals surface area contributed by atoms with Gasteiger partial charge in [0.15, 0.2) is 0 Å². The van der Waals surface area contributed by atoms with Gasteiger partial charge in [-0.15, -0.1) is 0 Å². The molecule has 0 fully saturated rings. The average molecular weight is 371 g/mol. The fraction of sp³-hybridized carbons (Fsp3) is 0.800. The van der Waals surface area contributed by atoms with Crippen molar-refractivity contribution in [3.05, 3.63) is 12.2 Å². The first-order valence-electron chi connectivity index (χ1n) is 10.0. The molecule has 0 heterocycles. The molecule has 0 unspecified atom stereocenters. The van der Waals surface area contributed by atoms with Gasteiger partial charge in [0.2, 0.25) is 0 Å². The Morgan fingerprint density at radius 1 is 0.654 bits per heavy atom. The minimum Gasteiger partial charge on any atom is -0.463 e. The van der Waals surface area contributed by atoms with Gasteiger partial charge in [-0.1, -0.05) is 27.7 Å². The lowest BCUT2D eigenvalue weighted by atomic mass is 10.3. The van der Waals surface area contributed by atoms with E-state index >= 15 is 0 Å². The number of nitrogens with zero attached hydrogens (tertiary/aromatic N) is 2. The van der Waals surface area contributed by atoms with E-state index in [1.54, 1.807) is 0 Å². The summed E-state index contributed by atoms with van der Waals surface area (Å²) >= 11 is 0. The van der Waals surface area contributed by atoms with Crippen LogP contribution in [0.3, 0.4) is 0 Å². The molecule has 0 bridgehead atoms. The number of esters is 2. The Balaban J connectivity index is 3.68. The van der Waals surface area contributed by atoms with Crippen LogP contribution in [-0.2, 0) is 19.1 Å². The van der Waals surface area contributed by atoms with E-state index in [1.165, 1.54) is 0 Å². The Bertz CT molecular complexity index is 355. The second-order valence-electron chi connectivity index (χ2n) is 6.14. The Hall–Kier alpha value is -1.40. The quantitative estimate of drug-likeness (QED) is 0.237. The molecule has 6 nitrogen and oxygen atoms in total. The Morgan fingerprint density at radius 2 is 1.00 bits per heavy atom. The van der Waals surface area contributed by atoms with Gasteiger partial charge in [-0.2, -0.15) is 0 Å². The maximum absolute atomic E-state index is 11.5. The molecule has 0 atom stereocenters. The first kappa shape index (κ1) is 24.6. The topological polar surface area (TPSA) is 59.1 Å². The van der Waals surface area contributed by atoms with Crippen molar-refractivity contribution in [1.82, 2.24) is 9.80 Å². The molecule has 0 saturated heterocycles. The van der Waals surface area contributed by atoms with E-state index in [9.17, 15) is 9.59 Å². The van der Waals surface area contributed by atoms with Gasteiger partial charge < -0.3 is 19.3 Å². The van der Waals surface area contributed by atoms with Crippen LogP contribution >= 0.6 is 0 Å². The molecule has 26 heavy (non-hydrogen) atoms. The second-order valence-corrected chi connectivity index (χ2v) is 6.14. The molecule has 0 amide bonds. The van der Waals surface area contributed by atoms with Crippen molar-refractivity contribution >= 4 is 11.9 Å². The molecule has 0 aromatic rings. The van der Waals surface area contributed by atoms with Crippen molar-refractivity contribution in [3.8, 4) is 0 Å². The van der Waals surface area contributed by atoms with Crippen molar-refractivity contribution in [2.75, 3.05) is 52.5 Å². The van der Waals surface area contributed by atoms with E-state index in [4.69, 9.17) is 9.47 Å². The van der Waals surface area contributed by atoms with Crippen molar-refractivity contribution in [2.24, 2.45) is 0 Å². The largest absolute Gasteiger partial charge is 0.463 e. The molecule has 0 aliphatic heterocycles. The lowest BCUT2D eigenvalue weighted by molar-refractivity contribution is -0.140. The number of carbonyl (C=O) groups is 2. The van der Waals surface area contributed by atoms with E-state index in [2.05, 4.69) is 37.5 Å². The van der Waals surface area contributed by atoms with Gasteiger partial charge in [0.05, 0.1) is 13.2 Å². The van der Waals surface area contributed by atoms with E-state index in [0.29, 0.717) is 13.2 Å². The van der Waals surface area contributed by atoms with Crippen molar-refractivity contribution in [2.45, 2.75) is 53.4 Å². The zero-order chi connectivity index (χ0) is 19.6. The van der Waals surface area contributed by atoms with Crippen molar-refractivity contribution in [3.63, 3.8) is 0 Å². The molecular formula is C20H38N2O4. The molecule has 0 saturated carbocycles. The van der Waals surface area contributed by atoms with Crippen molar-refractivity contribution < 1.29 is 19.1 Å². The van der Waals surface area contributed by atoms with Crippen LogP contribution in [0.15, 0.2) is 12.2 Å². The minimum absolute atomic E-state index is 0.380. The highest BCUT2D eigenvalue weighted by atomic mass is 16.5. The van der Waals surface area contributed by atoms with Crippen LogP contribution in [0.4, 0.5) is 0 Å². The number of unbranched alkanes of at least 4 members (excludes halogenated alkanes) is 2. The fourth-order valence-corrected chi connectivity index (χ4v) is 2.53. The zero-order valence-corrected chi connectivity index (χ0v) is 17.2. The van der Waals surface area contributed by atoms with Crippen LogP contribution in [0.1, 0.15) is 53.4 Å². The van der Waals surface area contributed by atoms with Gasteiger partial charge in [-0.25, -0.2) is 9.59 Å². The van der Waals surface area contributed by atoms with Crippen LogP contribution in [0.5, 0.6) is 0 Å². The van der Waals surface area contributed by atoms with E-state index < -0.39 is 11.9 Å². The third-order valence-electron chi connectivity index (χ3n) is 4.37. The monoisotopic (exact) mass is 370 g/mol. The molecule has 6 heteroatoms. The molecule has 0 aliphatic rings. The van der Waals surface area contributed by atoms with Crippen LogP contribution in [0, 0.1) is 0 Å². The summed E-state index contributed by atoms with van der Waals surface area (Å²) in [6, 6.07) is 0. The lowest BCUT2D eigenvalue weighted by Gasteiger charge is -2.17. The minimum atomic E-state index is -0.494. The van der Waals surface area contributed by atoms with E-state index in [-0.39, 0.29) is 0 Å². The first-order chi connectivity index (χ1) is 12.6. The van der Waals surface area contributed by atoms with Gasteiger partial charge in [-0.05, 0) is 65.0 Å². The van der Waals surface area contributed by atoms with Gasteiger partial charge in [0.25, 0.3) is 0 Å². The van der Waals surface area contributed by atoms with Gasteiger partial charge in [0.1, 0.15) is 0 Å². The number of hydrogen-bond acceptors (Lipinski definition) is 6. The summed E-state index contributed by atoms with van der Waals surface area (Å²) in [4.78, 5) is 27.7. The first-order valence-corrected chi connectivity index (χ1v) is 10.0. The van der Waals surface area contributed by atoms with Crippen LogP contribution in [-0.4, -0.2) is 74.2 Å². The fourth-order valence-electron chi connectivity index (χ4n) is 2.53. The third-order valence-corrected chi connectivity index (χ3v) is 4.37. The highest BCUT2D eigenvalue weighted by molar-refractivity contribution is 5.91. The second kappa shape index (κ2) is 17.0. The zero-order valence-electron chi connectivity index (χ0n) is 17.2. The predicted molar refractivity (Wildman–Crippen MR) is 105 cm³/mol. The molecule has 0 aliphatic carbocycles. The van der Waals surface area contributed by atoms with E-state index in [0.717, 1.165) is 77.1 Å². The van der Waals surface area contributed by atoms with Crippen molar-refractivity contribution in [1.29, 1.82) is 0 Å². The summed E-state index contributed by atoms with van der Waals surface area (Å²) in [5.41, 5.74) is 0. The molecule has 152 valence electrons. The Labute approximate surface area is 159 Å². The molecule has 0 N–H and O–H groups in total. The maximum atomic E-state index is 11.5. The SMILES string of the molecule is CCN(CC)CCCCOC(=O)/C=C\C(=O)OCCCCN(CC)CC. The highest BCUT2D eigenvalue weighted by Crippen LogP contribution is 1.98. The third kappa shape index (κ3) is 13.8. The maximum Gasteiger partial charge on any atom is 0.331 e. The molecule has 0 spiro atoms. The number of hydrogen-bond donors (Lipinski definition) is 0. The number of rotatable bonds is 16. The van der Waals surface area contributed by atoms with E-state index in [1.807, 2.05) is 0 Å². The van der Waals surface area contributed by atoms with Crippen LogP contribution in [0.25, 0.3) is 0 Å². The standard InChI is InChI=1S/C20H38N2O4/c1-5-21(6-2)15-9-11-17-25-19(23)13-14-20(24)26-18-12-10-16-22(7-3)8-4/h13-14H,5-12,15-18H2,1-4H3/b14-13-. The summed E-state index contributed by atoms with van der Waals surface area (Å²) in [5, 5.41) is 0. The van der Waals surface area contributed by atoms with Crippen LogP contribution < -0.4 is 0 Å². The summed E-state index contributed by atoms with van der Waals surface area (Å²) in [5.74, 6) is -0.988. The van der Waals surface area contributed by atoms with Gasteiger partial charge in [-0.3, -0.25) is 0 Å². The van der Waals surface area contributed by atoms with Gasteiger partial charge in [0, 0.05) is 12.2 Å². The average Bonchev–Trinajstić information content (AvgIpc) is 2.66.